The van der Waals surface area contributed by atoms with Gasteiger partial charge in [0.15, 0.2) is 0 Å². The molecule has 1 aromatic rings. The van der Waals surface area contributed by atoms with E-state index in [-0.39, 0.29) is 20.9 Å². The highest BCUT2D eigenvalue weighted by Crippen LogP contribution is 2.43. The summed E-state index contributed by atoms with van der Waals surface area (Å²) in [7, 11) is -3.81. The van der Waals surface area contributed by atoms with Crippen molar-refractivity contribution in [2.24, 2.45) is 5.41 Å². The number of nitrogens with one attached hydrogen (secondary N) is 1. The van der Waals surface area contributed by atoms with Crippen LogP contribution >= 0.6 is 11.6 Å². The Morgan fingerprint density at radius 3 is 2.57 bits per heavy atom. The minimum atomic E-state index is -3.81. The normalized spacial score (nSPS) is 17.5. The first-order valence-electron chi connectivity index (χ1n) is 6.92. The molecule has 0 bridgehead atoms. The van der Waals surface area contributed by atoms with Crippen molar-refractivity contribution < 1.29 is 17.9 Å². The van der Waals surface area contributed by atoms with Crippen LogP contribution in [-0.2, 0) is 16.6 Å². The summed E-state index contributed by atoms with van der Waals surface area (Å²) >= 11 is 5.67. The third-order valence-corrected chi connectivity index (χ3v) is 6.16. The number of benzene rings is 1. The van der Waals surface area contributed by atoms with Gasteiger partial charge in [-0.05, 0) is 36.8 Å². The third-order valence-electron chi connectivity index (χ3n) is 4.36. The van der Waals surface area contributed by atoms with Crippen LogP contribution in [0.1, 0.15) is 38.2 Å². The second kappa shape index (κ2) is 6.20. The zero-order valence-electron chi connectivity index (χ0n) is 11.8. The lowest BCUT2D eigenvalue weighted by atomic mass is 9.67. The van der Waals surface area contributed by atoms with Crippen molar-refractivity contribution in [3.63, 3.8) is 0 Å². The van der Waals surface area contributed by atoms with Crippen molar-refractivity contribution in [1.82, 2.24) is 4.72 Å². The zero-order chi connectivity index (χ0) is 15.7. The van der Waals surface area contributed by atoms with Crippen molar-refractivity contribution in [2.75, 3.05) is 6.54 Å². The summed E-state index contributed by atoms with van der Waals surface area (Å²) in [6.45, 7) is 1.88. The van der Waals surface area contributed by atoms with Crippen LogP contribution in [-0.4, -0.2) is 20.1 Å². The van der Waals surface area contributed by atoms with E-state index in [2.05, 4.69) is 4.72 Å². The van der Waals surface area contributed by atoms with Gasteiger partial charge in [0.05, 0.1) is 16.5 Å². The van der Waals surface area contributed by atoms with Gasteiger partial charge in [0.2, 0.25) is 10.0 Å². The van der Waals surface area contributed by atoms with Gasteiger partial charge >= 0.3 is 0 Å². The third kappa shape index (κ3) is 3.39. The molecular formula is C14H19ClFNO3S. The predicted octanol–water partition coefficient (Wildman–Crippen LogP) is 2.83. The Morgan fingerprint density at radius 2 is 2.10 bits per heavy atom. The SMILES string of the molecule is CCC1(CNS(=O)(=O)c2cc(F)c(Cl)c(CO)c2)CCC1. The molecule has 0 spiro atoms. The molecule has 1 aliphatic carbocycles. The van der Waals surface area contributed by atoms with Gasteiger partial charge in [-0.15, -0.1) is 0 Å². The fraction of sp³-hybridized carbons (Fsp3) is 0.571. The van der Waals surface area contributed by atoms with E-state index in [1.54, 1.807) is 0 Å². The van der Waals surface area contributed by atoms with Crippen LogP contribution in [0.15, 0.2) is 17.0 Å². The second-order valence-electron chi connectivity index (χ2n) is 5.57. The number of halogens is 2. The number of sulfonamides is 1. The Hall–Kier alpha value is -0.690. The molecule has 0 atom stereocenters. The van der Waals surface area contributed by atoms with Crippen LogP contribution in [0.2, 0.25) is 5.02 Å². The van der Waals surface area contributed by atoms with Crippen molar-refractivity contribution in [3.8, 4) is 0 Å². The van der Waals surface area contributed by atoms with Gasteiger partial charge in [-0.25, -0.2) is 17.5 Å². The molecular weight excluding hydrogens is 317 g/mol. The number of aliphatic hydroxyl groups is 1. The molecule has 2 N–H and O–H groups in total. The Balaban J connectivity index is 2.21. The highest BCUT2D eigenvalue weighted by atomic mass is 35.5. The van der Waals surface area contributed by atoms with Gasteiger partial charge < -0.3 is 5.11 Å². The fourth-order valence-electron chi connectivity index (χ4n) is 2.55. The van der Waals surface area contributed by atoms with Crippen LogP contribution in [0.5, 0.6) is 0 Å². The van der Waals surface area contributed by atoms with Crippen molar-refractivity contribution in [2.45, 2.75) is 44.1 Å². The minimum absolute atomic E-state index is 0.0256. The minimum Gasteiger partial charge on any atom is -0.392 e. The first-order chi connectivity index (χ1) is 9.83. The maximum atomic E-state index is 13.6. The van der Waals surface area contributed by atoms with Crippen LogP contribution in [0.25, 0.3) is 0 Å². The molecule has 0 saturated heterocycles. The van der Waals surface area contributed by atoms with Gasteiger partial charge in [-0.3, -0.25) is 0 Å². The molecule has 0 heterocycles. The number of aliphatic hydroxyl groups excluding tert-OH is 1. The summed E-state index contributed by atoms with van der Waals surface area (Å²) < 4.78 is 40.7. The van der Waals surface area contributed by atoms with Crippen LogP contribution in [0.4, 0.5) is 4.39 Å². The van der Waals surface area contributed by atoms with E-state index in [0.29, 0.717) is 6.54 Å². The lowest BCUT2D eigenvalue weighted by Gasteiger charge is -2.41. The number of hydrogen-bond acceptors (Lipinski definition) is 3. The van der Waals surface area contributed by atoms with Gasteiger partial charge in [0.1, 0.15) is 5.82 Å². The average molecular weight is 336 g/mol. The average Bonchev–Trinajstić information content (AvgIpc) is 2.40. The molecule has 4 nitrogen and oxygen atoms in total. The van der Waals surface area contributed by atoms with Crippen molar-refractivity contribution in [3.05, 3.63) is 28.5 Å². The molecule has 0 unspecified atom stereocenters. The Morgan fingerprint density at radius 1 is 1.43 bits per heavy atom. The van der Waals surface area contributed by atoms with Crippen LogP contribution in [0.3, 0.4) is 0 Å². The molecule has 2 rings (SSSR count). The molecule has 1 fully saturated rings. The van der Waals surface area contributed by atoms with E-state index >= 15 is 0 Å². The molecule has 1 aromatic carbocycles. The molecule has 0 aliphatic heterocycles. The number of rotatable bonds is 6. The van der Waals surface area contributed by atoms with Crippen LogP contribution in [0, 0.1) is 11.2 Å². The first-order valence-corrected chi connectivity index (χ1v) is 8.78. The molecule has 118 valence electrons. The topological polar surface area (TPSA) is 66.4 Å². The summed E-state index contributed by atoms with van der Waals surface area (Å²) in [4.78, 5) is -0.209. The Kier molecular flexibility index (Phi) is 4.92. The summed E-state index contributed by atoms with van der Waals surface area (Å²) in [5.74, 6) is -0.850. The van der Waals surface area contributed by atoms with Crippen molar-refractivity contribution in [1.29, 1.82) is 0 Å². The molecule has 21 heavy (non-hydrogen) atoms. The van der Waals surface area contributed by atoms with E-state index in [4.69, 9.17) is 16.7 Å². The Bertz CT molecular complexity index is 624. The smallest absolute Gasteiger partial charge is 0.240 e. The van der Waals surface area contributed by atoms with Gasteiger partial charge in [0.25, 0.3) is 0 Å². The monoisotopic (exact) mass is 335 g/mol. The molecule has 1 saturated carbocycles. The van der Waals surface area contributed by atoms with E-state index < -0.39 is 22.4 Å². The Labute approximate surface area is 129 Å². The highest BCUT2D eigenvalue weighted by molar-refractivity contribution is 7.89. The summed E-state index contributed by atoms with van der Waals surface area (Å²) in [6, 6.07) is 2.08. The standard InChI is InChI=1S/C14H19ClFNO3S/c1-2-14(4-3-5-14)9-17-21(19,20)11-6-10(8-18)13(15)12(16)7-11/h6-7,17-18H,2-5,8-9H2,1H3. The van der Waals surface area contributed by atoms with Crippen LogP contribution < -0.4 is 4.72 Å². The van der Waals surface area contributed by atoms with Crippen molar-refractivity contribution >= 4 is 21.6 Å². The predicted molar refractivity (Wildman–Crippen MR) is 79.1 cm³/mol. The maximum absolute atomic E-state index is 13.6. The molecule has 7 heteroatoms. The summed E-state index contributed by atoms with van der Waals surface area (Å²) in [6.07, 6.45) is 4.03. The van der Waals surface area contributed by atoms with E-state index in [1.807, 2.05) is 6.92 Å². The lowest BCUT2D eigenvalue weighted by Crippen LogP contribution is -2.41. The molecule has 0 aromatic heterocycles. The summed E-state index contributed by atoms with van der Waals surface area (Å²) in [5, 5.41) is 8.86. The highest BCUT2D eigenvalue weighted by Gasteiger charge is 2.36. The van der Waals surface area contributed by atoms with Gasteiger partial charge in [-0.2, -0.15) is 0 Å². The first kappa shape index (κ1) is 16.7. The molecule has 0 radical (unpaired) electrons. The number of hydrogen-bond donors (Lipinski definition) is 2. The molecule has 1 aliphatic rings. The van der Waals surface area contributed by atoms with E-state index in [1.165, 1.54) is 6.07 Å². The van der Waals surface area contributed by atoms with E-state index in [9.17, 15) is 12.8 Å². The zero-order valence-corrected chi connectivity index (χ0v) is 13.4. The summed E-state index contributed by atoms with van der Waals surface area (Å²) in [5.41, 5.74) is 0.0867. The fourth-order valence-corrected chi connectivity index (χ4v) is 3.94. The maximum Gasteiger partial charge on any atom is 0.240 e. The van der Waals surface area contributed by atoms with Gasteiger partial charge in [-0.1, -0.05) is 24.9 Å². The second-order valence-corrected chi connectivity index (χ2v) is 7.71. The molecule has 0 amide bonds. The van der Waals surface area contributed by atoms with Gasteiger partial charge in [0, 0.05) is 12.1 Å². The van der Waals surface area contributed by atoms with E-state index in [0.717, 1.165) is 31.7 Å². The largest absolute Gasteiger partial charge is 0.392 e. The quantitative estimate of drug-likeness (QED) is 0.840. The lowest BCUT2D eigenvalue weighted by molar-refractivity contribution is 0.133.